The minimum atomic E-state index is -4.95. The molecule has 0 spiro atoms. The van der Waals surface area contributed by atoms with E-state index < -0.39 is 44.5 Å². The van der Waals surface area contributed by atoms with E-state index in [0.717, 1.165) is 35.0 Å². The summed E-state index contributed by atoms with van der Waals surface area (Å²) in [6.07, 6.45) is -8.02. The Morgan fingerprint density at radius 2 is 1.61 bits per heavy atom. The van der Waals surface area contributed by atoms with E-state index in [1.54, 1.807) is 0 Å². The normalized spacial score (nSPS) is 12.6. The van der Waals surface area contributed by atoms with Crippen molar-refractivity contribution in [1.29, 1.82) is 0 Å². The van der Waals surface area contributed by atoms with Crippen molar-refractivity contribution in [3.8, 4) is 17.0 Å². The number of nitrogens with zero attached hydrogens (tertiary/aromatic N) is 3. The van der Waals surface area contributed by atoms with Gasteiger partial charge in [-0.25, -0.2) is 18.4 Å². The molecule has 0 amide bonds. The van der Waals surface area contributed by atoms with Crippen molar-refractivity contribution in [2.75, 3.05) is 6.26 Å². The molecular formula is C19H13F6N3O4S. The molecule has 2 aromatic heterocycles. The van der Waals surface area contributed by atoms with Crippen LogP contribution in [0.3, 0.4) is 0 Å². The highest BCUT2D eigenvalue weighted by Crippen LogP contribution is 2.31. The van der Waals surface area contributed by atoms with Gasteiger partial charge in [-0.2, -0.15) is 13.2 Å². The number of hydrogen-bond acceptors (Lipinski definition) is 6. The number of alkyl halides is 6. The Morgan fingerprint density at radius 3 is 2.15 bits per heavy atom. The van der Waals surface area contributed by atoms with Crippen LogP contribution in [-0.4, -0.2) is 35.6 Å². The van der Waals surface area contributed by atoms with E-state index in [-0.39, 0.29) is 17.8 Å². The molecule has 0 bridgehead atoms. The number of pyridine rings is 1. The summed E-state index contributed by atoms with van der Waals surface area (Å²) < 4.78 is 105. The molecule has 0 radical (unpaired) electrons. The molecule has 3 aromatic rings. The lowest BCUT2D eigenvalue weighted by molar-refractivity contribution is -0.274. The largest absolute Gasteiger partial charge is 0.573 e. The van der Waals surface area contributed by atoms with Crippen molar-refractivity contribution < 1.29 is 39.5 Å². The molecule has 0 atom stereocenters. The zero-order valence-electron chi connectivity index (χ0n) is 16.5. The number of halogens is 6. The fourth-order valence-corrected chi connectivity index (χ4v) is 3.21. The molecule has 0 aliphatic heterocycles. The van der Waals surface area contributed by atoms with E-state index >= 15 is 0 Å². The number of sulfone groups is 1. The fourth-order valence-electron chi connectivity index (χ4n) is 2.68. The highest BCUT2D eigenvalue weighted by Gasteiger charge is 2.35. The SMILES string of the molecule is CS(=O)(=O)c1nc(-c2ccc(=O)n(Cc3ccc(OC(F)(F)F)cc3)c2)cc(C(F)(F)F)n1. The quantitative estimate of drug-likeness (QED) is 0.398. The van der Waals surface area contributed by atoms with Crippen molar-refractivity contribution in [1.82, 2.24) is 14.5 Å². The van der Waals surface area contributed by atoms with Gasteiger partial charge >= 0.3 is 12.5 Å². The standard InChI is InChI=1S/C19H13F6N3O4S/c1-33(30,31)17-26-14(8-15(27-17)18(20,21)22)12-4-7-16(29)28(10-12)9-11-2-5-13(6-3-11)32-19(23,24)25/h2-8,10H,9H2,1H3. The van der Waals surface area contributed by atoms with Gasteiger partial charge in [0.25, 0.3) is 5.56 Å². The van der Waals surface area contributed by atoms with E-state index in [1.165, 1.54) is 12.1 Å². The molecule has 2 heterocycles. The number of hydrogen-bond donors (Lipinski definition) is 0. The summed E-state index contributed by atoms with van der Waals surface area (Å²) in [4.78, 5) is 18.9. The molecule has 1 aromatic carbocycles. The molecule has 0 aliphatic carbocycles. The molecule has 33 heavy (non-hydrogen) atoms. The first kappa shape index (κ1) is 24.2. The Labute approximate surface area is 182 Å². The van der Waals surface area contributed by atoms with Gasteiger partial charge in [-0.05, 0) is 29.8 Å². The Morgan fingerprint density at radius 1 is 0.970 bits per heavy atom. The van der Waals surface area contributed by atoms with Crippen LogP contribution in [0.5, 0.6) is 5.75 Å². The monoisotopic (exact) mass is 493 g/mol. The van der Waals surface area contributed by atoms with Crippen LogP contribution < -0.4 is 10.3 Å². The van der Waals surface area contributed by atoms with Crippen LogP contribution in [0.2, 0.25) is 0 Å². The van der Waals surface area contributed by atoms with Crippen LogP contribution in [0.25, 0.3) is 11.3 Å². The summed E-state index contributed by atoms with van der Waals surface area (Å²) in [5, 5.41) is -1.04. The summed E-state index contributed by atoms with van der Waals surface area (Å²) in [5.74, 6) is -0.471. The second-order valence-corrected chi connectivity index (χ2v) is 8.68. The predicted molar refractivity (Wildman–Crippen MR) is 102 cm³/mol. The summed E-state index contributed by atoms with van der Waals surface area (Å²) in [6, 6.07) is 7.36. The Kier molecular flexibility index (Phi) is 6.24. The first-order chi connectivity index (χ1) is 15.1. The molecular weight excluding hydrogens is 480 g/mol. The molecule has 0 fully saturated rings. The predicted octanol–water partition coefficient (Wildman–Crippen LogP) is 3.67. The van der Waals surface area contributed by atoms with E-state index in [0.29, 0.717) is 17.9 Å². The fraction of sp³-hybridized carbons (Fsp3) is 0.211. The third kappa shape index (κ3) is 6.31. The first-order valence-electron chi connectivity index (χ1n) is 8.84. The van der Waals surface area contributed by atoms with Crippen molar-refractivity contribution >= 4 is 9.84 Å². The number of rotatable bonds is 5. The highest BCUT2D eigenvalue weighted by atomic mass is 32.2. The summed E-state index contributed by atoms with van der Waals surface area (Å²) in [7, 11) is -4.18. The van der Waals surface area contributed by atoms with Gasteiger partial charge in [0.2, 0.25) is 15.0 Å². The van der Waals surface area contributed by atoms with E-state index in [9.17, 15) is 39.6 Å². The maximum absolute atomic E-state index is 13.2. The second-order valence-electron chi connectivity index (χ2n) is 6.77. The average Bonchev–Trinajstić information content (AvgIpc) is 2.68. The minimum absolute atomic E-state index is 0.00979. The Bertz CT molecular complexity index is 1330. The molecule has 3 rings (SSSR count). The molecule has 176 valence electrons. The van der Waals surface area contributed by atoms with Crippen molar-refractivity contribution in [3.05, 3.63) is 70.3 Å². The van der Waals surface area contributed by atoms with Crippen molar-refractivity contribution in [3.63, 3.8) is 0 Å². The van der Waals surface area contributed by atoms with E-state index in [1.807, 2.05) is 0 Å². The summed E-state index contributed by atoms with van der Waals surface area (Å²) >= 11 is 0. The van der Waals surface area contributed by atoms with Gasteiger partial charge in [-0.15, -0.1) is 13.2 Å². The van der Waals surface area contributed by atoms with E-state index in [2.05, 4.69) is 14.7 Å². The van der Waals surface area contributed by atoms with Gasteiger partial charge < -0.3 is 9.30 Å². The Hall–Kier alpha value is -3.42. The average molecular weight is 493 g/mol. The zero-order chi connectivity index (χ0) is 24.6. The lowest BCUT2D eigenvalue weighted by atomic mass is 10.1. The van der Waals surface area contributed by atoms with Crippen molar-refractivity contribution in [2.45, 2.75) is 24.2 Å². The zero-order valence-corrected chi connectivity index (χ0v) is 17.3. The van der Waals surface area contributed by atoms with Crippen LogP contribution in [0.4, 0.5) is 26.3 Å². The van der Waals surface area contributed by atoms with E-state index in [4.69, 9.17) is 0 Å². The molecule has 0 saturated heterocycles. The maximum atomic E-state index is 13.2. The summed E-state index contributed by atoms with van der Waals surface area (Å²) in [6.45, 7) is -0.144. The third-order valence-corrected chi connectivity index (χ3v) is 4.96. The molecule has 14 heteroatoms. The molecule has 0 saturated carbocycles. The van der Waals surface area contributed by atoms with Crippen LogP contribution >= 0.6 is 0 Å². The van der Waals surface area contributed by atoms with Crippen LogP contribution in [0, 0.1) is 0 Å². The van der Waals surface area contributed by atoms with Gasteiger partial charge in [0.15, 0.2) is 0 Å². The van der Waals surface area contributed by atoms with Gasteiger partial charge in [0.05, 0.1) is 12.2 Å². The van der Waals surface area contributed by atoms with Crippen LogP contribution in [-0.2, 0) is 22.6 Å². The van der Waals surface area contributed by atoms with Gasteiger partial charge in [-0.1, -0.05) is 12.1 Å². The van der Waals surface area contributed by atoms with Crippen LogP contribution in [0.15, 0.2) is 58.6 Å². The summed E-state index contributed by atoms with van der Waals surface area (Å²) in [5.41, 5.74) is -2.06. The topological polar surface area (TPSA) is 91.2 Å². The molecule has 0 aliphatic rings. The Balaban J connectivity index is 1.99. The maximum Gasteiger partial charge on any atom is 0.573 e. The lowest BCUT2D eigenvalue weighted by Crippen LogP contribution is -2.20. The van der Waals surface area contributed by atoms with Crippen molar-refractivity contribution in [2.24, 2.45) is 0 Å². The van der Waals surface area contributed by atoms with Gasteiger partial charge in [-0.3, -0.25) is 4.79 Å². The van der Waals surface area contributed by atoms with Crippen LogP contribution in [0.1, 0.15) is 11.3 Å². The number of ether oxygens (including phenoxy) is 1. The van der Waals surface area contributed by atoms with Gasteiger partial charge in [0.1, 0.15) is 11.4 Å². The number of aromatic nitrogens is 3. The second kappa shape index (κ2) is 8.50. The molecule has 0 N–H and O–H groups in total. The smallest absolute Gasteiger partial charge is 0.406 e. The molecule has 7 nitrogen and oxygen atoms in total. The highest BCUT2D eigenvalue weighted by molar-refractivity contribution is 7.90. The third-order valence-electron chi connectivity index (χ3n) is 4.12. The molecule has 0 unspecified atom stereocenters. The first-order valence-corrected chi connectivity index (χ1v) is 10.7. The lowest BCUT2D eigenvalue weighted by Gasteiger charge is -2.12. The minimum Gasteiger partial charge on any atom is -0.406 e. The van der Waals surface area contributed by atoms with Gasteiger partial charge in [0, 0.05) is 24.1 Å². The number of benzene rings is 1.